The Balaban J connectivity index is 3.13. The van der Waals surface area contributed by atoms with Crippen molar-refractivity contribution in [3.8, 4) is 0 Å². The third kappa shape index (κ3) is 2.32. The quantitative estimate of drug-likeness (QED) is 0.731. The zero-order chi connectivity index (χ0) is 11.4. The van der Waals surface area contributed by atoms with Crippen LogP contribution in [0.3, 0.4) is 0 Å². The lowest BCUT2D eigenvalue weighted by molar-refractivity contribution is -0.0757. The van der Waals surface area contributed by atoms with Crippen LogP contribution in [0, 0.1) is 0 Å². The van der Waals surface area contributed by atoms with E-state index in [1.807, 2.05) is 0 Å². The third-order valence-corrected chi connectivity index (χ3v) is 1.98. The van der Waals surface area contributed by atoms with Gasteiger partial charge >= 0.3 is 0 Å². The maximum Gasteiger partial charge on any atom is 0.277 e. The Morgan fingerprint density at radius 2 is 1.80 bits per heavy atom. The summed E-state index contributed by atoms with van der Waals surface area (Å²) in [7, 11) is 2.82. The van der Waals surface area contributed by atoms with E-state index in [0.29, 0.717) is 0 Å². The zero-order valence-electron chi connectivity index (χ0n) is 8.56. The SMILES string of the molecule is CON(C)C(=O)c1ccccc1C(N)=O. The topological polar surface area (TPSA) is 72.6 Å². The molecule has 0 saturated carbocycles. The molecule has 0 spiro atoms. The summed E-state index contributed by atoms with van der Waals surface area (Å²) in [6.07, 6.45) is 0. The van der Waals surface area contributed by atoms with Crippen LogP contribution >= 0.6 is 0 Å². The highest BCUT2D eigenvalue weighted by Gasteiger charge is 2.17. The van der Waals surface area contributed by atoms with Crippen molar-refractivity contribution in [3.05, 3.63) is 35.4 Å². The van der Waals surface area contributed by atoms with E-state index in [2.05, 4.69) is 0 Å². The molecule has 1 aromatic rings. The average Bonchev–Trinajstić information content (AvgIpc) is 2.27. The Morgan fingerprint density at radius 3 is 2.27 bits per heavy atom. The molecule has 2 N–H and O–H groups in total. The summed E-state index contributed by atoms with van der Waals surface area (Å²) in [5, 5.41) is 1.03. The monoisotopic (exact) mass is 208 g/mol. The number of hydrogen-bond acceptors (Lipinski definition) is 3. The molecule has 0 fully saturated rings. The molecule has 0 bridgehead atoms. The summed E-state index contributed by atoms with van der Waals surface area (Å²) in [5.41, 5.74) is 5.56. The number of hydroxylamine groups is 2. The molecule has 0 heterocycles. The lowest BCUT2D eigenvalue weighted by atomic mass is 10.1. The van der Waals surface area contributed by atoms with Gasteiger partial charge < -0.3 is 5.73 Å². The molecule has 2 amide bonds. The van der Waals surface area contributed by atoms with Gasteiger partial charge in [0.2, 0.25) is 5.91 Å². The van der Waals surface area contributed by atoms with Crippen LogP contribution < -0.4 is 5.73 Å². The van der Waals surface area contributed by atoms with E-state index in [4.69, 9.17) is 10.6 Å². The van der Waals surface area contributed by atoms with Crippen LogP contribution in [0.4, 0.5) is 0 Å². The van der Waals surface area contributed by atoms with Crippen LogP contribution in [-0.2, 0) is 4.84 Å². The number of nitrogens with two attached hydrogens (primary N) is 1. The van der Waals surface area contributed by atoms with Gasteiger partial charge in [0.1, 0.15) is 0 Å². The minimum Gasteiger partial charge on any atom is -0.366 e. The van der Waals surface area contributed by atoms with Gasteiger partial charge in [0, 0.05) is 7.05 Å². The first-order chi connectivity index (χ1) is 7.07. The van der Waals surface area contributed by atoms with Crippen LogP contribution in [0.1, 0.15) is 20.7 Å². The molecular formula is C10H12N2O3. The minimum atomic E-state index is -0.636. The van der Waals surface area contributed by atoms with E-state index < -0.39 is 11.8 Å². The van der Waals surface area contributed by atoms with E-state index in [-0.39, 0.29) is 11.1 Å². The number of hydrogen-bond donors (Lipinski definition) is 1. The van der Waals surface area contributed by atoms with Crippen molar-refractivity contribution in [2.45, 2.75) is 0 Å². The van der Waals surface area contributed by atoms with Gasteiger partial charge in [-0.3, -0.25) is 14.4 Å². The molecular weight excluding hydrogens is 196 g/mol. The second kappa shape index (κ2) is 4.56. The van der Waals surface area contributed by atoms with E-state index in [9.17, 15) is 9.59 Å². The Kier molecular flexibility index (Phi) is 3.41. The predicted octanol–water partition coefficient (Wildman–Crippen LogP) is 0.419. The maximum atomic E-state index is 11.7. The Bertz CT molecular complexity index is 390. The van der Waals surface area contributed by atoms with Crippen molar-refractivity contribution in [2.75, 3.05) is 14.2 Å². The Hall–Kier alpha value is -1.88. The van der Waals surface area contributed by atoms with Crippen molar-refractivity contribution >= 4 is 11.8 Å². The molecule has 0 radical (unpaired) electrons. The summed E-state index contributed by atoms with van der Waals surface area (Å²) in [6.45, 7) is 0. The van der Waals surface area contributed by atoms with Gasteiger partial charge in [-0.2, -0.15) is 0 Å². The summed E-state index contributed by atoms with van der Waals surface area (Å²) in [5.74, 6) is -1.05. The fourth-order valence-electron chi connectivity index (χ4n) is 1.14. The number of amides is 2. The highest BCUT2D eigenvalue weighted by atomic mass is 16.7. The van der Waals surface area contributed by atoms with Gasteiger partial charge in [-0.25, -0.2) is 5.06 Å². The Morgan fingerprint density at radius 1 is 1.27 bits per heavy atom. The van der Waals surface area contributed by atoms with E-state index in [1.165, 1.54) is 26.3 Å². The molecule has 1 aromatic carbocycles. The highest BCUT2D eigenvalue weighted by Crippen LogP contribution is 2.10. The van der Waals surface area contributed by atoms with Crippen molar-refractivity contribution in [2.24, 2.45) is 5.73 Å². The fourth-order valence-corrected chi connectivity index (χ4v) is 1.14. The summed E-state index contributed by atoms with van der Waals surface area (Å²) in [6, 6.07) is 6.32. The average molecular weight is 208 g/mol. The second-order valence-corrected chi connectivity index (χ2v) is 2.90. The first-order valence-electron chi connectivity index (χ1n) is 4.29. The fraction of sp³-hybridized carbons (Fsp3) is 0.200. The first-order valence-corrected chi connectivity index (χ1v) is 4.29. The molecule has 1 rings (SSSR count). The van der Waals surface area contributed by atoms with Crippen molar-refractivity contribution in [3.63, 3.8) is 0 Å². The van der Waals surface area contributed by atoms with Crippen LogP contribution in [0.5, 0.6) is 0 Å². The van der Waals surface area contributed by atoms with Crippen LogP contribution in [0.15, 0.2) is 24.3 Å². The summed E-state index contributed by atoms with van der Waals surface area (Å²) in [4.78, 5) is 27.5. The van der Waals surface area contributed by atoms with Crippen molar-refractivity contribution in [1.29, 1.82) is 0 Å². The van der Waals surface area contributed by atoms with E-state index in [0.717, 1.165) is 5.06 Å². The molecule has 0 saturated heterocycles. The Labute approximate surface area is 87.4 Å². The predicted molar refractivity (Wildman–Crippen MR) is 54.1 cm³/mol. The maximum absolute atomic E-state index is 11.7. The highest BCUT2D eigenvalue weighted by molar-refractivity contribution is 6.06. The van der Waals surface area contributed by atoms with Gasteiger partial charge in [0.25, 0.3) is 5.91 Å². The molecule has 0 aromatic heterocycles. The molecule has 0 aliphatic heterocycles. The van der Waals surface area contributed by atoms with Crippen LogP contribution in [-0.4, -0.2) is 31.0 Å². The number of carbonyl (C=O) groups excluding carboxylic acids is 2. The number of benzene rings is 1. The molecule has 0 aliphatic carbocycles. The number of rotatable bonds is 3. The van der Waals surface area contributed by atoms with Crippen LogP contribution in [0.2, 0.25) is 0 Å². The second-order valence-electron chi connectivity index (χ2n) is 2.90. The number of carbonyl (C=O) groups is 2. The molecule has 80 valence electrons. The lowest BCUT2D eigenvalue weighted by Crippen LogP contribution is -2.28. The molecule has 5 nitrogen and oxygen atoms in total. The van der Waals surface area contributed by atoms with E-state index in [1.54, 1.807) is 12.1 Å². The van der Waals surface area contributed by atoms with Crippen molar-refractivity contribution in [1.82, 2.24) is 5.06 Å². The molecule has 0 aliphatic rings. The van der Waals surface area contributed by atoms with Gasteiger partial charge in [-0.1, -0.05) is 12.1 Å². The minimum absolute atomic E-state index is 0.186. The zero-order valence-corrected chi connectivity index (χ0v) is 8.56. The number of primary amides is 1. The molecule has 0 atom stereocenters. The third-order valence-electron chi connectivity index (χ3n) is 1.98. The van der Waals surface area contributed by atoms with Gasteiger partial charge in [-0.15, -0.1) is 0 Å². The van der Waals surface area contributed by atoms with Gasteiger partial charge in [0.05, 0.1) is 18.2 Å². The lowest BCUT2D eigenvalue weighted by Gasteiger charge is -2.14. The molecule has 0 unspecified atom stereocenters. The van der Waals surface area contributed by atoms with Crippen LogP contribution in [0.25, 0.3) is 0 Å². The molecule has 5 heteroatoms. The number of nitrogens with zero attached hydrogens (tertiary/aromatic N) is 1. The van der Waals surface area contributed by atoms with Gasteiger partial charge in [0.15, 0.2) is 0 Å². The molecule has 15 heavy (non-hydrogen) atoms. The van der Waals surface area contributed by atoms with Gasteiger partial charge in [-0.05, 0) is 12.1 Å². The standard InChI is InChI=1S/C10H12N2O3/c1-12(15-2)10(14)8-6-4-3-5-7(8)9(11)13/h3-6H,1-2H3,(H2,11,13). The summed E-state index contributed by atoms with van der Waals surface area (Å²) >= 11 is 0. The van der Waals surface area contributed by atoms with E-state index >= 15 is 0 Å². The van der Waals surface area contributed by atoms with Crippen molar-refractivity contribution < 1.29 is 14.4 Å². The summed E-state index contributed by atoms with van der Waals surface area (Å²) < 4.78 is 0. The smallest absolute Gasteiger partial charge is 0.277 e. The largest absolute Gasteiger partial charge is 0.366 e. The first kappa shape index (κ1) is 11.2. The normalized spacial score (nSPS) is 9.73.